The summed E-state index contributed by atoms with van der Waals surface area (Å²) in [7, 11) is -3.94. The van der Waals surface area contributed by atoms with Crippen LogP contribution in [0.2, 0.25) is 0 Å². The fourth-order valence-electron chi connectivity index (χ4n) is 2.82. The van der Waals surface area contributed by atoms with Crippen molar-refractivity contribution in [3.05, 3.63) is 11.0 Å². The summed E-state index contributed by atoms with van der Waals surface area (Å²) in [5, 5.41) is 0. The van der Waals surface area contributed by atoms with Crippen molar-refractivity contribution in [3.63, 3.8) is 0 Å². The first kappa shape index (κ1) is 10.2. The minimum absolute atomic E-state index is 0.104. The Morgan fingerprint density at radius 1 is 1.21 bits per heavy atom. The summed E-state index contributed by atoms with van der Waals surface area (Å²) in [4.78, 5) is 0.299. The molecule has 0 aliphatic heterocycles. The first-order valence-corrected chi connectivity index (χ1v) is 6.70. The maximum absolute atomic E-state index is 11.1. The molecule has 0 heterocycles. The minimum atomic E-state index is -3.94. The highest BCUT2D eigenvalue weighted by Crippen LogP contribution is 2.42. The van der Waals surface area contributed by atoms with E-state index < -0.39 is 10.1 Å². The van der Waals surface area contributed by atoms with Gasteiger partial charge in [-0.15, -0.1) is 0 Å². The molecule has 3 nitrogen and oxygen atoms in total. The number of allylic oxidation sites excluding steroid dienone is 2. The van der Waals surface area contributed by atoms with Crippen LogP contribution in [-0.2, 0) is 10.1 Å². The van der Waals surface area contributed by atoms with Gasteiger partial charge < -0.3 is 0 Å². The molecule has 2 rings (SSSR count). The molecule has 2 aliphatic rings. The van der Waals surface area contributed by atoms with Crippen LogP contribution in [-0.4, -0.2) is 13.0 Å². The van der Waals surface area contributed by atoms with E-state index in [0.717, 1.165) is 32.1 Å². The SMILES string of the molecule is O=S(=O)(O)C1=CCCC2CCCCC12. The molecule has 80 valence electrons. The van der Waals surface area contributed by atoms with Gasteiger partial charge in [-0.05, 0) is 37.5 Å². The average Bonchev–Trinajstić information content (AvgIpc) is 2.15. The molecule has 0 aromatic carbocycles. The zero-order chi connectivity index (χ0) is 10.2. The topological polar surface area (TPSA) is 54.4 Å². The highest BCUT2D eigenvalue weighted by atomic mass is 32.2. The van der Waals surface area contributed by atoms with Crippen LogP contribution < -0.4 is 0 Å². The van der Waals surface area contributed by atoms with E-state index in [1.807, 2.05) is 0 Å². The Morgan fingerprint density at radius 2 is 1.93 bits per heavy atom. The molecule has 0 aromatic heterocycles. The van der Waals surface area contributed by atoms with Crippen LogP contribution >= 0.6 is 0 Å². The highest BCUT2D eigenvalue weighted by Gasteiger charge is 2.35. The lowest BCUT2D eigenvalue weighted by Crippen LogP contribution is -2.27. The first-order chi connectivity index (χ1) is 6.59. The molecular weight excluding hydrogens is 200 g/mol. The van der Waals surface area contributed by atoms with E-state index in [1.165, 1.54) is 6.42 Å². The Hall–Kier alpha value is -0.350. The van der Waals surface area contributed by atoms with Gasteiger partial charge in [0.2, 0.25) is 0 Å². The van der Waals surface area contributed by atoms with Gasteiger partial charge in [0.1, 0.15) is 0 Å². The van der Waals surface area contributed by atoms with Gasteiger partial charge in [-0.3, -0.25) is 4.55 Å². The molecule has 0 saturated heterocycles. The van der Waals surface area contributed by atoms with Crippen molar-refractivity contribution in [2.24, 2.45) is 11.8 Å². The van der Waals surface area contributed by atoms with Crippen molar-refractivity contribution in [2.45, 2.75) is 38.5 Å². The first-order valence-electron chi connectivity index (χ1n) is 5.26. The lowest BCUT2D eigenvalue weighted by atomic mass is 9.74. The number of hydrogen-bond acceptors (Lipinski definition) is 2. The van der Waals surface area contributed by atoms with Crippen molar-refractivity contribution >= 4 is 10.1 Å². The van der Waals surface area contributed by atoms with Crippen LogP contribution in [0.4, 0.5) is 0 Å². The van der Waals surface area contributed by atoms with Gasteiger partial charge in [0, 0.05) is 0 Å². The summed E-state index contributed by atoms with van der Waals surface area (Å²) < 4.78 is 31.3. The normalized spacial score (nSPS) is 33.4. The third kappa shape index (κ3) is 1.86. The number of rotatable bonds is 1. The van der Waals surface area contributed by atoms with E-state index in [0.29, 0.717) is 10.8 Å². The van der Waals surface area contributed by atoms with Gasteiger partial charge >= 0.3 is 0 Å². The Labute approximate surface area is 85.0 Å². The van der Waals surface area contributed by atoms with E-state index >= 15 is 0 Å². The van der Waals surface area contributed by atoms with Crippen molar-refractivity contribution in [2.75, 3.05) is 0 Å². The highest BCUT2D eigenvalue weighted by molar-refractivity contribution is 7.89. The predicted octanol–water partition coefficient (Wildman–Crippen LogP) is 2.36. The molecule has 1 N–H and O–H groups in total. The zero-order valence-corrected chi connectivity index (χ0v) is 8.96. The Kier molecular flexibility index (Phi) is 2.66. The molecule has 0 aromatic rings. The molecule has 2 atom stereocenters. The van der Waals surface area contributed by atoms with Crippen molar-refractivity contribution < 1.29 is 13.0 Å². The zero-order valence-electron chi connectivity index (χ0n) is 8.15. The molecule has 1 saturated carbocycles. The minimum Gasteiger partial charge on any atom is -0.282 e. The van der Waals surface area contributed by atoms with Crippen LogP contribution in [0.5, 0.6) is 0 Å². The Morgan fingerprint density at radius 3 is 2.64 bits per heavy atom. The molecule has 0 bridgehead atoms. The maximum Gasteiger partial charge on any atom is 0.290 e. The second kappa shape index (κ2) is 3.66. The summed E-state index contributed by atoms with van der Waals surface area (Å²) in [6.07, 6.45) is 7.95. The fraction of sp³-hybridized carbons (Fsp3) is 0.800. The maximum atomic E-state index is 11.1. The van der Waals surface area contributed by atoms with E-state index in [9.17, 15) is 8.42 Å². The molecule has 14 heavy (non-hydrogen) atoms. The van der Waals surface area contributed by atoms with E-state index in [4.69, 9.17) is 4.55 Å². The van der Waals surface area contributed by atoms with Gasteiger partial charge in [-0.2, -0.15) is 8.42 Å². The summed E-state index contributed by atoms with van der Waals surface area (Å²) in [6.45, 7) is 0. The third-order valence-electron chi connectivity index (χ3n) is 3.46. The molecular formula is C10H16O3S. The van der Waals surface area contributed by atoms with Crippen LogP contribution in [0.3, 0.4) is 0 Å². The second-order valence-corrected chi connectivity index (χ2v) is 5.73. The molecule has 1 fully saturated rings. The molecule has 4 heteroatoms. The summed E-state index contributed by atoms with van der Waals surface area (Å²) in [6, 6.07) is 0. The molecule has 2 unspecified atom stereocenters. The number of hydrogen-bond donors (Lipinski definition) is 1. The predicted molar refractivity (Wildman–Crippen MR) is 54.3 cm³/mol. The van der Waals surface area contributed by atoms with E-state index in [-0.39, 0.29) is 5.92 Å². The van der Waals surface area contributed by atoms with Crippen LogP contribution in [0.25, 0.3) is 0 Å². The largest absolute Gasteiger partial charge is 0.290 e. The Bertz CT molecular complexity index is 342. The third-order valence-corrected chi connectivity index (χ3v) is 4.52. The number of fused-ring (bicyclic) bond motifs is 1. The van der Waals surface area contributed by atoms with Crippen molar-refractivity contribution in [1.82, 2.24) is 0 Å². The fourth-order valence-corrected chi connectivity index (χ4v) is 3.84. The van der Waals surface area contributed by atoms with Gasteiger partial charge in [-0.1, -0.05) is 18.9 Å². The van der Waals surface area contributed by atoms with Crippen molar-refractivity contribution in [1.29, 1.82) is 0 Å². The van der Waals surface area contributed by atoms with Gasteiger partial charge in [0.25, 0.3) is 10.1 Å². The van der Waals surface area contributed by atoms with E-state index in [2.05, 4.69) is 0 Å². The smallest absolute Gasteiger partial charge is 0.282 e. The van der Waals surface area contributed by atoms with Crippen LogP contribution in [0.1, 0.15) is 38.5 Å². The quantitative estimate of drug-likeness (QED) is 0.684. The molecule has 0 amide bonds. The van der Waals surface area contributed by atoms with Crippen LogP contribution in [0, 0.1) is 11.8 Å². The average molecular weight is 216 g/mol. The second-order valence-electron chi connectivity index (χ2n) is 4.31. The lowest BCUT2D eigenvalue weighted by molar-refractivity contribution is 0.251. The monoisotopic (exact) mass is 216 g/mol. The lowest BCUT2D eigenvalue weighted by Gasteiger charge is -2.34. The van der Waals surface area contributed by atoms with Gasteiger partial charge in [0.05, 0.1) is 4.91 Å². The van der Waals surface area contributed by atoms with Gasteiger partial charge in [0.15, 0.2) is 0 Å². The summed E-state index contributed by atoms with van der Waals surface area (Å²) in [5.74, 6) is 0.596. The molecule has 0 spiro atoms. The van der Waals surface area contributed by atoms with Gasteiger partial charge in [-0.25, -0.2) is 0 Å². The summed E-state index contributed by atoms with van der Waals surface area (Å²) in [5.41, 5.74) is 0. The molecule has 0 radical (unpaired) electrons. The standard InChI is InChI=1S/C10H16O3S/c11-14(12,13)10-7-3-5-8-4-1-2-6-9(8)10/h7-9H,1-6H2,(H,11,12,13). The van der Waals surface area contributed by atoms with Crippen LogP contribution in [0.15, 0.2) is 11.0 Å². The Balaban J connectivity index is 2.28. The summed E-state index contributed by atoms with van der Waals surface area (Å²) >= 11 is 0. The van der Waals surface area contributed by atoms with Crippen molar-refractivity contribution in [3.8, 4) is 0 Å². The molecule has 2 aliphatic carbocycles. The van der Waals surface area contributed by atoms with E-state index in [1.54, 1.807) is 6.08 Å².